The Kier molecular flexibility index (Phi) is 5.07. The van der Waals surface area contributed by atoms with Crippen LogP contribution in [-0.2, 0) is 0 Å². The molecule has 2 fully saturated rings. The van der Waals surface area contributed by atoms with Gasteiger partial charge < -0.3 is 15.7 Å². The molecule has 2 aliphatic rings. The normalized spacial score (nSPS) is 34.9. The fraction of sp³-hybridized carbons (Fsp3) is 1.00. The van der Waals surface area contributed by atoms with Crippen LogP contribution in [0.15, 0.2) is 0 Å². The van der Waals surface area contributed by atoms with Crippen molar-refractivity contribution in [2.75, 3.05) is 26.2 Å². The average molecular weight is 296 g/mol. The van der Waals surface area contributed by atoms with Crippen molar-refractivity contribution >= 4 is 0 Å². The van der Waals surface area contributed by atoms with E-state index in [-0.39, 0.29) is 5.41 Å². The van der Waals surface area contributed by atoms with Gasteiger partial charge in [-0.2, -0.15) is 0 Å². The topological polar surface area (TPSA) is 49.5 Å². The highest BCUT2D eigenvalue weighted by Gasteiger charge is 2.52. The van der Waals surface area contributed by atoms with Crippen LogP contribution in [0.1, 0.15) is 66.2 Å². The van der Waals surface area contributed by atoms with E-state index in [0.717, 1.165) is 51.2 Å². The minimum Gasteiger partial charge on any atom is -0.389 e. The summed E-state index contributed by atoms with van der Waals surface area (Å²) in [6.45, 7) is 13.0. The van der Waals surface area contributed by atoms with E-state index in [1.165, 1.54) is 12.8 Å². The van der Waals surface area contributed by atoms with Gasteiger partial charge in [-0.05, 0) is 56.4 Å². The molecule has 0 atom stereocenters. The Hall–Kier alpha value is -0.120. The highest BCUT2D eigenvalue weighted by Crippen LogP contribution is 2.52. The Bertz CT molecular complexity index is 332. The zero-order valence-corrected chi connectivity index (χ0v) is 14.6. The van der Waals surface area contributed by atoms with Gasteiger partial charge in [0.05, 0.1) is 5.60 Å². The molecule has 0 aromatic carbocycles. The number of rotatable bonds is 3. The van der Waals surface area contributed by atoms with E-state index in [2.05, 4.69) is 32.6 Å². The molecule has 2 rings (SSSR count). The molecule has 21 heavy (non-hydrogen) atoms. The lowest BCUT2D eigenvalue weighted by Gasteiger charge is -2.54. The van der Waals surface area contributed by atoms with Crippen LogP contribution in [0.2, 0.25) is 0 Å². The van der Waals surface area contributed by atoms with E-state index in [1.54, 1.807) is 0 Å². The van der Waals surface area contributed by atoms with Crippen molar-refractivity contribution in [3.63, 3.8) is 0 Å². The monoisotopic (exact) mass is 296 g/mol. The van der Waals surface area contributed by atoms with Gasteiger partial charge >= 0.3 is 0 Å². The highest BCUT2D eigenvalue weighted by molar-refractivity contribution is 5.04. The van der Waals surface area contributed by atoms with Gasteiger partial charge in [-0.3, -0.25) is 0 Å². The summed E-state index contributed by atoms with van der Waals surface area (Å²) in [6, 6.07) is 0. The summed E-state index contributed by atoms with van der Waals surface area (Å²) in [7, 11) is 0. The summed E-state index contributed by atoms with van der Waals surface area (Å²) >= 11 is 0. The number of piperidine rings is 1. The van der Waals surface area contributed by atoms with E-state index < -0.39 is 5.60 Å². The first kappa shape index (κ1) is 17.2. The Morgan fingerprint density at radius 3 is 2.00 bits per heavy atom. The zero-order chi connectivity index (χ0) is 15.7. The number of aliphatic hydroxyl groups is 1. The van der Waals surface area contributed by atoms with E-state index in [9.17, 15) is 5.11 Å². The van der Waals surface area contributed by atoms with Crippen LogP contribution in [0.4, 0.5) is 0 Å². The third-order valence-electron chi connectivity index (χ3n) is 6.68. The van der Waals surface area contributed by atoms with Crippen LogP contribution in [-0.4, -0.2) is 41.8 Å². The number of hydrogen-bond acceptors (Lipinski definition) is 3. The Morgan fingerprint density at radius 1 is 1.10 bits per heavy atom. The fourth-order valence-electron chi connectivity index (χ4n) is 4.67. The molecule has 0 aromatic heterocycles. The number of likely N-dealkylation sites (tertiary alicyclic amines) is 1. The lowest BCUT2D eigenvalue weighted by Crippen LogP contribution is -2.59. The third kappa shape index (κ3) is 3.30. The van der Waals surface area contributed by atoms with Crippen molar-refractivity contribution in [3.8, 4) is 0 Å². The largest absolute Gasteiger partial charge is 0.389 e. The summed E-state index contributed by atoms with van der Waals surface area (Å²) in [5.74, 6) is 0.775. The SMILES string of the molecule is CCN1CCC(O)(C2(CN)CCC(C(C)(C)C)CC2)CC1. The smallest absolute Gasteiger partial charge is 0.0740 e. The summed E-state index contributed by atoms with van der Waals surface area (Å²) in [4.78, 5) is 2.44. The summed E-state index contributed by atoms with van der Waals surface area (Å²) in [5, 5.41) is 11.3. The molecular formula is C18H36N2O. The van der Waals surface area contributed by atoms with Crippen LogP contribution in [0.25, 0.3) is 0 Å². The van der Waals surface area contributed by atoms with Crippen molar-refractivity contribution in [1.29, 1.82) is 0 Å². The minimum absolute atomic E-state index is 0.0332. The second-order valence-corrected chi connectivity index (χ2v) is 8.59. The van der Waals surface area contributed by atoms with Crippen molar-refractivity contribution in [3.05, 3.63) is 0 Å². The van der Waals surface area contributed by atoms with E-state index in [0.29, 0.717) is 12.0 Å². The molecule has 124 valence electrons. The maximum absolute atomic E-state index is 11.3. The van der Waals surface area contributed by atoms with E-state index in [1.807, 2.05) is 0 Å². The fourth-order valence-corrected chi connectivity index (χ4v) is 4.67. The molecule has 0 spiro atoms. The van der Waals surface area contributed by atoms with Gasteiger partial charge in [0, 0.05) is 25.0 Å². The predicted molar refractivity (Wildman–Crippen MR) is 89.2 cm³/mol. The Balaban J connectivity index is 2.06. The van der Waals surface area contributed by atoms with Gasteiger partial charge in [-0.1, -0.05) is 27.7 Å². The van der Waals surface area contributed by atoms with Crippen molar-refractivity contribution in [2.45, 2.75) is 71.8 Å². The maximum atomic E-state index is 11.3. The van der Waals surface area contributed by atoms with Crippen LogP contribution in [0.5, 0.6) is 0 Å². The molecule has 0 amide bonds. The quantitative estimate of drug-likeness (QED) is 0.841. The van der Waals surface area contributed by atoms with Gasteiger partial charge in [0.15, 0.2) is 0 Å². The molecule has 0 unspecified atom stereocenters. The standard InChI is InChI=1S/C18H36N2O/c1-5-20-12-10-18(21,11-13-20)17(14-19)8-6-15(7-9-17)16(2,3)4/h15,21H,5-14,19H2,1-4H3. The van der Waals surface area contributed by atoms with Crippen molar-refractivity contribution in [1.82, 2.24) is 4.90 Å². The first-order valence-electron chi connectivity index (χ1n) is 8.91. The Labute approximate surface area is 131 Å². The number of hydrogen-bond donors (Lipinski definition) is 2. The zero-order valence-electron chi connectivity index (χ0n) is 14.6. The molecule has 1 heterocycles. The molecule has 3 N–H and O–H groups in total. The van der Waals surface area contributed by atoms with Gasteiger partial charge in [0.25, 0.3) is 0 Å². The van der Waals surface area contributed by atoms with Crippen molar-refractivity contribution in [2.24, 2.45) is 22.5 Å². The van der Waals surface area contributed by atoms with Crippen LogP contribution in [0.3, 0.4) is 0 Å². The molecule has 0 bridgehead atoms. The predicted octanol–water partition coefficient (Wildman–Crippen LogP) is 3.01. The summed E-state index contributed by atoms with van der Waals surface area (Å²) in [6.07, 6.45) is 6.46. The van der Waals surface area contributed by atoms with Gasteiger partial charge in [-0.25, -0.2) is 0 Å². The molecule has 0 aromatic rings. The summed E-state index contributed by atoms with van der Waals surface area (Å²) in [5.41, 5.74) is 6.02. The van der Waals surface area contributed by atoms with Gasteiger partial charge in [0.2, 0.25) is 0 Å². The van der Waals surface area contributed by atoms with E-state index in [4.69, 9.17) is 5.73 Å². The first-order valence-corrected chi connectivity index (χ1v) is 8.91. The molecule has 0 radical (unpaired) electrons. The van der Waals surface area contributed by atoms with Crippen LogP contribution >= 0.6 is 0 Å². The van der Waals surface area contributed by atoms with Crippen molar-refractivity contribution < 1.29 is 5.11 Å². The second-order valence-electron chi connectivity index (χ2n) is 8.59. The van der Waals surface area contributed by atoms with Gasteiger partial charge in [-0.15, -0.1) is 0 Å². The molecule has 1 saturated heterocycles. The summed E-state index contributed by atoms with van der Waals surface area (Å²) < 4.78 is 0. The van der Waals surface area contributed by atoms with Crippen LogP contribution < -0.4 is 5.73 Å². The lowest BCUT2D eigenvalue weighted by molar-refractivity contribution is -0.140. The van der Waals surface area contributed by atoms with Gasteiger partial charge in [0.1, 0.15) is 0 Å². The molecule has 1 aliphatic heterocycles. The maximum Gasteiger partial charge on any atom is 0.0740 e. The van der Waals surface area contributed by atoms with Crippen LogP contribution in [0, 0.1) is 16.7 Å². The number of nitrogens with zero attached hydrogens (tertiary/aromatic N) is 1. The lowest BCUT2D eigenvalue weighted by atomic mass is 9.56. The number of nitrogens with two attached hydrogens (primary N) is 1. The molecule has 3 heteroatoms. The molecule has 1 saturated carbocycles. The highest BCUT2D eigenvalue weighted by atomic mass is 16.3. The molecule has 1 aliphatic carbocycles. The first-order chi connectivity index (χ1) is 9.76. The average Bonchev–Trinajstić information content (AvgIpc) is 2.47. The van der Waals surface area contributed by atoms with E-state index >= 15 is 0 Å². The molecular weight excluding hydrogens is 260 g/mol. The minimum atomic E-state index is -0.531. The third-order valence-corrected chi connectivity index (χ3v) is 6.68. The molecule has 3 nitrogen and oxygen atoms in total. The second kappa shape index (κ2) is 6.17. The Morgan fingerprint density at radius 2 is 1.62 bits per heavy atom.